The Hall–Kier alpha value is -1.66. The highest BCUT2D eigenvalue weighted by Gasteiger charge is 2.14. The van der Waals surface area contributed by atoms with Crippen LogP contribution < -0.4 is 5.32 Å². The van der Waals surface area contributed by atoms with Crippen molar-refractivity contribution in [2.75, 3.05) is 27.2 Å². The zero-order valence-corrected chi connectivity index (χ0v) is 12.3. The molecular weight excluding hydrogens is 282 g/mol. The van der Waals surface area contributed by atoms with E-state index in [1.165, 1.54) is 18.2 Å². The van der Waals surface area contributed by atoms with E-state index in [2.05, 4.69) is 10.2 Å². The van der Waals surface area contributed by atoms with Gasteiger partial charge in [-0.3, -0.25) is 14.9 Å². The highest BCUT2D eigenvalue weighted by molar-refractivity contribution is 6.34. The van der Waals surface area contributed by atoms with Gasteiger partial charge >= 0.3 is 0 Å². The molecule has 20 heavy (non-hydrogen) atoms. The van der Waals surface area contributed by atoms with Gasteiger partial charge in [0.05, 0.1) is 15.5 Å². The standard InChI is InChI=1S/C13H18ClN3O3/c1-16(2)8-4-3-7-15-13(18)11-6-5-10(17(19)20)9-12(11)14/h5-6,9H,3-4,7-8H2,1-2H3,(H,15,18). The summed E-state index contributed by atoms with van der Waals surface area (Å²) >= 11 is 5.88. The Balaban J connectivity index is 2.49. The third kappa shape index (κ3) is 5.14. The monoisotopic (exact) mass is 299 g/mol. The van der Waals surface area contributed by atoms with Crippen LogP contribution in [0, 0.1) is 10.1 Å². The normalized spacial score (nSPS) is 10.6. The predicted octanol–water partition coefficient (Wildman–Crippen LogP) is 2.32. The summed E-state index contributed by atoms with van der Waals surface area (Å²) in [4.78, 5) is 24.0. The maximum Gasteiger partial charge on any atom is 0.270 e. The summed E-state index contributed by atoms with van der Waals surface area (Å²) in [5.74, 6) is -0.310. The van der Waals surface area contributed by atoms with Crippen LogP contribution in [0.3, 0.4) is 0 Å². The van der Waals surface area contributed by atoms with Crippen molar-refractivity contribution in [2.45, 2.75) is 12.8 Å². The van der Waals surface area contributed by atoms with E-state index in [1.54, 1.807) is 0 Å². The minimum atomic E-state index is -0.547. The van der Waals surface area contributed by atoms with Crippen LogP contribution >= 0.6 is 11.6 Å². The summed E-state index contributed by atoms with van der Waals surface area (Å²) in [6, 6.07) is 3.82. The molecule has 0 fully saturated rings. The van der Waals surface area contributed by atoms with E-state index in [-0.39, 0.29) is 22.2 Å². The molecular formula is C13H18ClN3O3. The second kappa shape index (κ2) is 7.81. The van der Waals surface area contributed by atoms with Gasteiger partial charge in [0.1, 0.15) is 0 Å². The molecule has 0 atom stereocenters. The lowest BCUT2D eigenvalue weighted by atomic mass is 10.2. The first-order chi connectivity index (χ1) is 9.41. The van der Waals surface area contributed by atoms with Crippen LogP contribution in [0.2, 0.25) is 5.02 Å². The number of nitro benzene ring substituents is 1. The lowest BCUT2D eigenvalue weighted by Gasteiger charge is -2.10. The number of rotatable bonds is 7. The molecule has 0 aliphatic rings. The molecule has 0 heterocycles. The molecule has 1 aromatic carbocycles. The van der Waals surface area contributed by atoms with Crippen molar-refractivity contribution in [1.82, 2.24) is 10.2 Å². The van der Waals surface area contributed by atoms with E-state index in [0.717, 1.165) is 19.4 Å². The fraction of sp³-hybridized carbons (Fsp3) is 0.462. The van der Waals surface area contributed by atoms with Crippen LogP contribution in [0.1, 0.15) is 23.2 Å². The number of carbonyl (C=O) groups excluding carboxylic acids is 1. The Morgan fingerprint density at radius 1 is 1.40 bits per heavy atom. The van der Waals surface area contributed by atoms with Crippen molar-refractivity contribution in [3.8, 4) is 0 Å². The Bertz CT molecular complexity index is 492. The number of unbranched alkanes of at least 4 members (excludes halogenated alkanes) is 1. The van der Waals surface area contributed by atoms with Crippen LogP contribution in [-0.4, -0.2) is 42.9 Å². The molecule has 1 N–H and O–H groups in total. The zero-order valence-electron chi connectivity index (χ0n) is 11.6. The third-order valence-electron chi connectivity index (χ3n) is 2.73. The zero-order chi connectivity index (χ0) is 15.1. The molecule has 0 aromatic heterocycles. The fourth-order valence-corrected chi connectivity index (χ4v) is 1.91. The molecule has 0 radical (unpaired) electrons. The molecule has 0 saturated carbocycles. The Labute approximate surface area is 122 Å². The van der Waals surface area contributed by atoms with Crippen molar-refractivity contribution in [2.24, 2.45) is 0 Å². The van der Waals surface area contributed by atoms with E-state index in [4.69, 9.17) is 11.6 Å². The van der Waals surface area contributed by atoms with E-state index in [1.807, 2.05) is 14.1 Å². The summed E-state index contributed by atoms with van der Waals surface area (Å²) < 4.78 is 0. The van der Waals surface area contributed by atoms with E-state index in [0.29, 0.717) is 6.54 Å². The molecule has 0 unspecified atom stereocenters. The van der Waals surface area contributed by atoms with E-state index >= 15 is 0 Å². The number of benzene rings is 1. The minimum Gasteiger partial charge on any atom is -0.352 e. The van der Waals surface area contributed by atoms with Crippen molar-refractivity contribution >= 4 is 23.2 Å². The summed E-state index contributed by atoms with van der Waals surface area (Å²) in [5.41, 5.74) is 0.127. The fourth-order valence-electron chi connectivity index (χ4n) is 1.65. The number of nitro groups is 1. The number of halogens is 1. The van der Waals surface area contributed by atoms with Gasteiger partial charge in [-0.15, -0.1) is 0 Å². The second-order valence-electron chi connectivity index (χ2n) is 4.69. The van der Waals surface area contributed by atoms with Gasteiger partial charge in [0.25, 0.3) is 11.6 Å². The molecule has 6 nitrogen and oxygen atoms in total. The van der Waals surface area contributed by atoms with Gasteiger partial charge in [0.15, 0.2) is 0 Å². The molecule has 7 heteroatoms. The number of nitrogens with one attached hydrogen (secondary N) is 1. The highest BCUT2D eigenvalue weighted by Crippen LogP contribution is 2.22. The van der Waals surface area contributed by atoms with Crippen molar-refractivity contribution in [3.63, 3.8) is 0 Å². The number of nitrogens with zero attached hydrogens (tertiary/aromatic N) is 2. The smallest absolute Gasteiger partial charge is 0.270 e. The van der Waals surface area contributed by atoms with Gasteiger partial charge in [-0.05, 0) is 39.5 Å². The lowest BCUT2D eigenvalue weighted by Crippen LogP contribution is -2.25. The largest absolute Gasteiger partial charge is 0.352 e. The van der Waals surface area contributed by atoms with Gasteiger partial charge in [-0.25, -0.2) is 0 Å². The molecule has 1 aromatic rings. The van der Waals surface area contributed by atoms with Gasteiger partial charge in [0.2, 0.25) is 0 Å². The first kappa shape index (κ1) is 16.4. The van der Waals surface area contributed by atoms with Crippen molar-refractivity contribution in [3.05, 3.63) is 38.9 Å². The average Bonchev–Trinajstić information content (AvgIpc) is 2.37. The molecule has 1 rings (SSSR count). The van der Waals surface area contributed by atoms with Crippen LogP contribution in [0.4, 0.5) is 5.69 Å². The Morgan fingerprint density at radius 2 is 2.10 bits per heavy atom. The third-order valence-corrected chi connectivity index (χ3v) is 3.04. The Kier molecular flexibility index (Phi) is 6.41. The molecule has 110 valence electrons. The second-order valence-corrected chi connectivity index (χ2v) is 5.09. The van der Waals surface area contributed by atoms with Gasteiger partial charge in [-0.2, -0.15) is 0 Å². The molecule has 0 bridgehead atoms. The summed E-state index contributed by atoms with van der Waals surface area (Å²) in [6.07, 6.45) is 1.86. The lowest BCUT2D eigenvalue weighted by molar-refractivity contribution is -0.384. The predicted molar refractivity (Wildman–Crippen MR) is 78.2 cm³/mol. The van der Waals surface area contributed by atoms with Crippen LogP contribution in [-0.2, 0) is 0 Å². The first-order valence-corrected chi connectivity index (χ1v) is 6.66. The van der Waals surface area contributed by atoms with Gasteiger partial charge < -0.3 is 10.2 Å². The molecule has 0 aliphatic heterocycles. The van der Waals surface area contributed by atoms with Crippen LogP contribution in [0.5, 0.6) is 0 Å². The summed E-state index contributed by atoms with van der Waals surface area (Å²) in [5, 5.41) is 13.4. The number of amides is 1. The number of hydrogen-bond donors (Lipinski definition) is 1. The maximum atomic E-state index is 11.9. The molecule has 0 aliphatic carbocycles. The van der Waals surface area contributed by atoms with Crippen LogP contribution in [0.15, 0.2) is 18.2 Å². The number of carbonyl (C=O) groups is 1. The molecule has 0 spiro atoms. The highest BCUT2D eigenvalue weighted by atomic mass is 35.5. The SMILES string of the molecule is CN(C)CCCCNC(=O)c1ccc([N+](=O)[O-])cc1Cl. The van der Waals surface area contributed by atoms with Crippen molar-refractivity contribution < 1.29 is 9.72 Å². The summed E-state index contributed by atoms with van der Waals surface area (Å²) in [6.45, 7) is 1.52. The quantitative estimate of drug-likeness (QED) is 0.476. The van der Waals surface area contributed by atoms with Crippen molar-refractivity contribution in [1.29, 1.82) is 0 Å². The first-order valence-electron chi connectivity index (χ1n) is 6.28. The summed E-state index contributed by atoms with van der Waals surface area (Å²) in [7, 11) is 3.99. The van der Waals surface area contributed by atoms with Gasteiger partial charge in [-0.1, -0.05) is 11.6 Å². The topological polar surface area (TPSA) is 75.5 Å². The Morgan fingerprint density at radius 3 is 2.65 bits per heavy atom. The van der Waals surface area contributed by atoms with Crippen LogP contribution in [0.25, 0.3) is 0 Å². The number of hydrogen-bond acceptors (Lipinski definition) is 4. The number of non-ortho nitro benzene ring substituents is 1. The van der Waals surface area contributed by atoms with E-state index < -0.39 is 4.92 Å². The van der Waals surface area contributed by atoms with Gasteiger partial charge in [0, 0.05) is 18.7 Å². The van der Waals surface area contributed by atoms with E-state index in [9.17, 15) is 14.9 Å². The maximum absolute atomic E-state index is 11.9. The molecule has 0 saturated heterocycles. The molecule has 1 amide bonds. The minimum absolute atomic E-state index is 0.0880. The average molecular weight is 300 g/mol.